The predicted molar refractivity (Wildman–Crippen MR) is 65.1 cm³/mol. The highest BCUT2D eigenvalue weighted by atomic mass is 16.5. The smallest absolute Gasteiger partial charge is 0.311 e. The average molecular weight is 255 g/mol. The standard InChI is InChI=1S/C13H21NO4/c1-13(12(16)17)6-2-3-10(13)14-11(15)9-4-7-18-8-5-9/h9-10H,2-8H2,1H3,(H,14,15)(H,16,17). The summed E-state index contributed by atoms with van der Waals surface area (Å²) in [5.41, 5.74) is -0.805. The summed E-state index contributed by atoms with van der Waals surface area (Å²) in [6, 6.07) is -0.231. The molecule has 2 unspecified atom stereocenters. The molecule has 0 aromatic carbocycles. The van der Waals surface area contributed by atoms with E-state index < -0.39 is 11.4 Å². The van der Waals surface area contributed by atoms with Gasteiger partial charge in [0, 0.05) is 25.2 Å². The minimum absolute atomic E-state index is 0.00215. The fraction of sp³-hybridized carbons (Fsp3) is 0.846. The van der Waals surface area contributed by atoms with Crippen molar-refractivity contribution in [3.05, 3.63) is 0 Å². The maximum absolute atomic E-state index is 12.1. The lowest BCUT2D eigenvalue weighted by Crippen LogP contribution is -2.49. The summed E-state index contributed by atoms with van der Waals surface area (Å²) in [6.45, 7) is 2.98. The first-order valence-corrected chi connectivity index (χ1v) is 6.65. The third kappa shape index (κ3) is 2.51. The van der Waals surface area contributed by atoms with Crippen LogP contribution in [0.5, 0.6) is 0 Å². The van der Waals surface area contributed by atoms with Crippen molar-refractivity contribution in [3.63, 3.8) is 0 Å². The molecule has 2 N–H and O–H groups in total. The molecule has 2 rings (SSSR count). The molecule has 2 atom stereocenters. The zero-order valence-corrected chi connectivity index (χ0v) is 10.8. The summed E-state index contributed by atoms with van der Waals surface area (Å²) < 4.78 is 5.22. The van der Waals surface area contributed by atoms with Crippen LogP contribution in [0.3, 0.4) is 0 Å². The van der Waals surface area contributed by atoms with Crippen LogP contribution in [0.2, 0.25) is 0 Å². The number of hydrogen-bond donors (Lipinski definition) is 2. The van der Waals surface area contributed by atoms with Gasteiger partial charge in [0.2, 0.25) is 5.91 Å². The molecule has 102 valence electrons. The van der Waals surface area contributed by atoms with Crippen molar-refractivity contribution in [2.24, 2.45) is 11.3 Å². The van der Waals surface area contributed by atoms with Crippen LogP contribution in [0.25, 0.3) is 0 Å². The van der Waals surface area contributed by atoms with Gasteiger partial charge in [-0.05, 0) is 32.6 Å². The minimum atomic E-state index is -0.808. The number of carboxylic acids is 1. The Morgan fingerprint density at radius 3 is 2.56 bits per heavy atom. The molecule has 1 amide bonds. The topological polar surface area (TPSA) is 75.6 Å². The number of carboxylic acid groups (broad SMARTS) is 1. The monoisotopic (exact) mass is 255 g/mol. The van der Waals surface area contributed by atoms with E-state index in [-0.39, 0.29) is 17.9 Å². The molecule has 2 aliphatic rings. The molecule has 1 saturated heterocycles. The normalized spacial score (nSPS) is 33.3. The van der Waals surface area contributed by atoms with Crippen molar-refractivity contribution in [2.45, 2.75) is 45.1 Å². The average Bonchev–Trinajstić information content (AvgIpc) is 2.73. The summed E-state index contributed by atoms with van der Waals surface area (Å²) in [7, 11) is 0. The second kappa shape index (κ2) is 5.26. The maximum atomic E-state index is 12.1. The predicted octanol–water partition coefficient (Wildman–Crippen LogP) is 1.17. The van der Waals surface area contributed by atoms with E-state index in [1.807, 2.05) is 0 Å². The van der Waals surface area contributed by atoms with Gasteiger partial charge >= 0.3 is 5.97 Å². The van der Waals surface area contributed by atoms with E-state index in [1.54, 1.807) is 6.92 Å². The molecule has 1 saturated carbocycles. The van der Waals surface area contributed by atoms with Crippen molar-refractivity contribution in [3.8, 4) is 0 Å². The third-order valence-corrected chi connectivity index (χ3v) is 4.36. The van der Waals surface area contributed by atoms with Crippen molar-refractivity contribution < 1.29 is 19.4 Å². The van der Waals surface area contributed by atoms with Gasteiger partial charge in [-0.15, -0.1) is 0 Å². The molecular weight excluding hydrogens is 234 g/mol. The van der Waals surface area contributed by atoms with Crippen LogP contribution in [-0.2, 0) is 14.3 Å². The van der Waals surface area contributed by atoms with Gasteiger partial charge in [0.25, 0.3) is 0 Å². The molecule has 5 heteroatoms. The minimum Gasteiger partial charge on any atom is -0.481 e. The van der Waals surface area contributed by atoms with E-state index >= 15 is 0 Å². The van der Waals surface area contributed by atoms with Crippen molar-refractivity contribution in [2.75, 3.05) is 13.2 Å². The van der Waals surface area contributed by atoms with E-state index in [9.17, 15) is 14.7 Å². The lowest BCUT2D eigenvalue weighted by molar-refractivity contribution is -0.149. The Hall–Kier alpha value is -1.10. The Kier molecular flexibility index (Phi) is 3.90. The summed E-state index contributed by atoms with van der Waals surface area (Å²) >= 11 is 0. The van der Waals surface area contributed by atoms with Gasteiger partial charge in [0.15, 0.2) is 0 Å². The molecule has 18 heavy (non-hydrogen) atoms. The first-order valence-electron chi connectivity index (χ1n) is 6.65. The molecule has 0 aromatic heterocycles. The van der Waals surface area contributed by atoms with Crippen molar-refractivity contribution >= 4 is 11.9 Å². The van der Waals surface area contributed by atoms with E-state index in [4.69, 9.17) is 4.74 Å². The first kappa shape index (κ1) is 13.3. The van der Waals surface area contributed by atoms with Crippen molar-refractivity contribution in [1.82, 2.24) is 5.32 Å². The summed E-state index contributed by atoms with van der Waals surface area (Å²) in [5, 5.41) is 12.2. The second-order valence-electron chi connectivity index (χ2n) is 5.56. The Morgan fingerprint density at radius 2 is 1.94 bits per heavy atom. The van der Waals surface area contributed by atoms with Crippen LogP contribution in [-0.4, -0.2) is 36.2 Å². The second-order valence-corrected chi connectivity index (χ2v) is 5.56. The molecule has 1 aliphatic carbocycles. The summed E-state index contributed by atoms with van der Waals surface area (Å²) in [4.78, 5) is 23.4. The SMILES string of the molecule is CC1(C(=O)O)CCCC1NC(=O)C1CCOCC1. The van der Waals surface area contributed by atoms with Gasteiger partial charge in [-0.25, -0.2) is 0 Å². The quantitative estimate of drug-likeness (QED) is 0.794. The van der Waals surface area contributed by atoms with Crippen LogP contribution < -0.4 is 5.32 Å². The number of nitrogens with one attached hydrogen (secondary N) is 1. The lowest BCUT2D eigenvalue weighted by Gasteiger charge is -2.30. The zero-order chi connectivity index (χ0) is 13.2. The van der Waals surface area contributed by atoms with Crippen LogP contribution in [0, 0.1) is 11.3 Å². The number of amides is 1. The van der Waals surface area contributed by atoms with Crippen LogP contribution in [0.4, 0.5) is 0 Å². The van der Waals surface area contributed by atoms with Gasteiger partial charge in [-0.1, -0.05) is 6.42 Å². The number of carbonyl (C=O) groups is 2. The molecular formula is C13H21NO4. The van der Waals surface area contributed by atoms with Gasteiger partial charge in [0.05, 0.1) is 5.41 Å². The number of carbonyl (C=O) groups excluding carboxylic acids is 1. The first-order chi connectivity index (χ1) is 8.54. The number of aliphatic carboxylic acids is 1. The van der Waals surface area contributed by atoms with Gasteiger partial charge in [-0.3, -0.25) is 9.59 Å². The van der Waals surface area contributed by atoms with E-state index in [0.29, 0.717) is 19.6 Å². The largest absolute Gasteiger partial charge is 0.481 e. The third-order valence-electron chi connectivity index (χ3n) is 4.36. The Balaban J connectivity index is 1.95. The molecule has 0 spiro atoms. The Morgan fingerprint density at radius 1 is 1.28 bits per heavy atom. The molecule has 1 heterocycles. The van der Waals surface area contributed by atoms with Gasteiger partial charge in [0.1, 0.15) is 0 Å². The van der Waals surface area contributed by atoms with Gasteiger partial charge in [-0.2, -0.15) is 0 Å². The number of hydrogen-bond acceptors (Lipinski definition) is 3. The molecule has 2 fully saturated rings. The van der Waals surface area contributed by atoms with E-state index in [0.717, 1.165) is 25.7 Å². The molecule has 0 aromatic rings. The fourth-order valence-corrected chi connectivity index (χ4v) is 2.90. The van der Waals surface area contributed by atoms with Crippen molar-refractivity contribution in [1.29, 1.82) is 0 Å². The molecule has 0 radical (unpaired) electrons. The highest BCUT2D eigenvalue weighted by Gasteiger charge is 2.46. The number of ether oxygens (including phenoxy) is 1. The molecule has 1 aliphatic heterocycles. The van der Waals surface area contributed by atoms with Crippen LogP contribution >= 0.6 is 0 Å². The highest BCUT2D eigenvalue weighted by Crippen LogP contribution is 2.38. The molecule has 0 bridgehead atoms. The Labute approximate surface area is 107 Å². The van der Waals surface area contributed by atoms with E-state index in [2.05, 4.69) is 5.32 Å². The van der Waals surface area contributed by atoms with E-state index in [1.165, 1.54) is 0 Å². The van der Waals surface area contributed by atoms with Crippen LogP contribution in [0.15, 0.2) is 0 Å². The van der Waals surface area contributed by atoms with Crippen LogP contribution in [0.1, 0.15) is 39.0 Å². The van der Waals surface area contributed by atoms with Gasteiger partial charge < -0.3 is 15.2 Å². The fourth-order valence-electron chi connectivity index (χ4n) is 2.90. The lowest BCUT2D eigenvalue weighted by atomic mass is 9.84. The summed E-state index contributed by atoms with van der Waals surface area (Å²) in [5.74, 6) is -0.827. The summed E-state index contributed by atoms with van der Waals surface area (Å²) in [6.07, 6.45) is 3.74. The Bertz CT molecular complexity index is 338. The zero-order valence-electron chi connectivity index (χ0n) is 10.8. The number of rotatable bonds is 3. The highest BCUT2D eigenvalue weighted by molar-refractivity contribution is 5.81. The maximum Gasteiger partial charge on any atom is 0.311 e. The molecule has 5 nitrogen and oxygen atoms in total.